The predicted molar refractivity (Wildman–Crippen MR) is 101 cm³/mol. The highest BCUT2D eigenvalue weighted by atomic mass is 32.2. The zero-order valence-corrected chi connectivity index (χ0v) is 15.5. The summed E-state index contributed by atoms with van der Waals surface area (Å²) >= 11 is 1.97. The van der Waals surface area contributed by atoms with Gasteiger partial charge in [0.2, 0.25) is 0 Å². The summed E-state index contributed by atoms with van der Waals surface area (Å²) in [5.74, 6) is 0.867. The molecule has 0 heterocycles. The van der Waals surface area contributed by atoms with Crippen LogP contribution in [0.15, 0.2) is 40.2 Å². The van der Waals surface area contributed by atoms with Gasteiger partial charge in [0.1, 0.15) is 0 Å². The van der Waals surface area contributed by atoms with E-state index < -0.39 is 0 Å². The predicted octanol–water partition coefficient (Wildman–Crippen LogP) is 2.53. The van der Waals surface area contributed by atoms with E-state index in [0.29, 0.717) is 18.0 Å². The van der Waals surface area contributed by atoms with Gasteiger partial charge in [-0.25, -0.2) is 0 Å². The second-order valence-electron chi connectivity index (χ2n) is 5.91. The Morgan fingerprint density at radius 1 is 1.17 bits per heavy atom. The van der Waals surface area contributed by atoms with E-state index in [1.807, 2.05) is 18.8 Å². The topological polar surface area (TPSA) is 54.9 Å². The number of methoxy groups -OCH3 is 1. The van der Waals surface area contributed by atoms with Crippen molar-refractivity contribution in [2.75, 3.05) is 47.1 Å². The molecular formula is C18H29N3O2S. The van der Waals surface area contributed by atoms with Gasteiger partial charge in [-0.15, -0.1) is 11.8 Å². The molecule has 1 aromatic carbocycles. The third-order valence-electron chi connectivity index (χ3n) is 3.88. The first-order valence-corrected chi connectivity index (χ1v) is 9.35. The summed E-state index contributed by atoms with van der Waals surface area (Å²) in [6.45, 7) is 3.84. The van der Waals surface area contributed by atoms with E-state index in [9.17, 15) is 0 Å². The molecule has 0 aliphatic heterocycles. The second kappa shape index (κ2) is 10.6. The first-order chi connectivity index (χ1) is 11.8. The van der Waals surface area contributed by atoms with Gasteiger partial charge in [0.25, 0.3) is 0 Å². The maximum absolute atomic E-state index is 5.45. The SMILES string of the molecule is CN=C(NCCCOCCOC)NCC1(Sc2ccccc2)CC1. The zero-order chi connectivity index (χ0) is 17.1. The van der Waals surface area contributed by atoms with Gasteiger partial charge in [-0.3, -0.25) is 4.99 Å². The molecule has 0 saturated heterocycles. The van der Waals surface area contributed by atoms with Crippen molar-refractivity contribution >= 4 is 17.7 Å². The van der Waals surface area contributed by atoms with E-state index in [-0.39, 0.29) is 0 Å². The van der Waals surface area contributed by atoms with Crippen LogP contribution in [-0.4, -0.2) is 57.8 Å². The number of aliphatic imine (C=N–C) groups is 1. The average molecular weight is 352 g/mol. The first kappa shape index (κ1) is 19.1. The summed E-state index contributed by atoms with van der Waals surface area (Å²) in [5.41, 5.74) is 0. The Labute approximate surface area is 149 Å². The van der Waals surface area contributed by atoms with Gasteiger partial charge >= 0.3 is 0 Å². The highest BCUT2D eigenvalue weighted by Gasteiger charge is 2.43. The Bertz CT molecular complexity index is 492. The lowest BCUT2D eigenvalue weighted by Gasteiger charge is -2.18. The van der Waals surface area contributed by atoms with E-state index in [1.165, 1.54) is 17.7 Å². The summed E-state index contributed by atoms with van der Waals surface area (Å²) in [4.78, 5) is 5.64. The van der Waals surface area contributed by atoms with Crippen LogP contribution in [0, 0.1) is 0 Å². The molecule has 1 aliphatic carbocycles. The van der Waals surface area contributed by atoms with E-state index in [0.717, 1.165) is 32.1 Å². The molecule has 0 atom stereocenters. The molecule has 1 aliphatic rings. The molecule has 0 spiro atoms. The van der Waals surface area contributed by atoms with Gasteiger partial charge in [-0.2, -0.15) is 0 Å². The molecule has 24 heavy (non-hydrogen) atoms. The van der Waals surface area contributed by atoms with Crippen LogP contribution in [-0.2, 0) is 9.47 Å². The third kappa shape index (κ3) is 7.11. The minimum absolute atomic E-state index is 0.322. The zero-order valence-electron chi connectivity index (χ0n) is 14.7. The largest absolute Gasteiger partial charge is 0.382 e. The highest BCUT2D eigenvalue weighted by Crippen LogP contribution is 2.51. The average Bonchev–Trinajstić information content (AvgIpc) is 3.37. The molecule has 0 bridgehead atoms. The van der Waals surface area contributed by atoms with Crippen molar-refractivity contribution in [2.24, 2.45) is 4.99 Å². The molecule has 1 aromatic rings. The Hall–Kier alpha value is -1.24. The summed E-state index contributed by atoms with van der Waals surface area (Å²) in [5, 5.41) is 6.80. The summed E-state index contributed by atoms with van der Waals surface area (Å²) in [7, 11) is 3.50. The van der Waals surface area contributed by atoms with Crippen molar-refractivity contribution in [3.8, 4) is 0 Å². The molecular weight excluding hydrogens is 322 g/mol. The molecule has 1 fully saturated rings. The van der Waals surface area contributed by atoms with E-state index in [1.54, 1.807) is 7.11 Å². The van der Waals surface area contributed by atoms with E-state index >= 15 is 0 Å². The molecule has 2 N–H and O–H groups in total. The number of thioether (sulfide) groups is 1. The quantitative estimate of drug-likeness (QED) is 0.364. The lowest BCUT2D eigenvalue weighted by molar-refractivity contribution is 0.0698. The number of hydrogen-bond acceptors (Lipinski definition) is 4. The molecule has 2 rings (SSSR count). The second-order valence-corrected chi connectivity index (χ2v) is 7.45. The van der Waals surface area contributed by atoms with Crippen molar-refractivity contribution in [3.63, 3.8) is 0 Å². The highest BCUT2D eigenvalue weighted by molar-refractivity contribution is 8.01. The Morgan fingerprint density at radius 3 is 2.62 bits per heavy atom. The van der Waals surface area contributed by atoms with Crippen LogP contribution in [0.25, 0.3) is 0 Å². The van der Waals surface area contributed by atoms with Crippen molar-refractivity contribution in [1.82, 2.24) is 10.6 Å². The maximum Gasteiger partial charge on any atom is 0.191 e. The number of nitrogens with one attached hydrogen (secondary N) is 2. The fourth-order valence-corrected chi connectivity index (χ4v) is 3.53. The molecule has 6 heteroatoms. The lowest BCUT2D eigenvalue weighted by Crippen LogP contribution is -2.41. The van der Waals surface area contributed by atoms with Gasteiger partial charge in [-0.05, 0) is 31.4 Å². The van der Waals surface area contributed by atoms with Gasteiger partial charge in [0, 0.05) is 43.5 Å². The van der Waals surface area contributed by atoms with Crippen molar-refractivity contribution < 1.29 is 9.47 Å². The van der Waals surface area contributed by atoms with Gasteiger partial charge in [0.15, 0.2) is 5.96 Å². The molecule has 5 nitrogen and oxygen atoms in total. The van der Waals surface area contributed by atoms with E-state index in [4.69, 9.17) is 9.47 Å². The fraction of sp³-hybridized carbons (Fsp3) is 0.611. The summed E-state index contributed by atoms with van der Waals surface area (Å²) in [6.07, 6.45) is 3.46. The molecule has 0 amide bonds. The van der Waals surface area contributed by atoms with Crippen molar-refractivity contribution in [2.45, 2.75) is 28.9 Å². The minimum atomic E-state index is 0.322. The van der Waals surface area contributed by atoms with Crippen LogP contribution >= 0.6 is 11.8 Å². The number of ether oxygens (including phenoxy) is 2. The molecule has 0 unspecified atom stereocenters. The normalized spacial score (nSPS) is 16.0. The number of benzene rings is 1. The van der Waals surface area contributed by atoms with Crippen LogP contribution < -0.4 is 10.6 Å². The maximum atomic E-state index is 5.45. The summed E-state index contributed by atoms with van der Waals surface area (Å²) < 4.78 is 10.7. The van der Waals surface area contributed by atoms with Gasteiger partial charge in [-0.1, -0.05) is 18.2 Å². The lowest BCUT2D eigenvalue weighted by atomic mass is 10.4. The third-order valence-corrected chi connectivity index (χ3v) is 5.37. The van der Waals surface area contributed by atoms with Crippen LogP contribution in [0.5, 0.6) is 0 Å². The van der Waals surface area contributed by atoms with Crippen LogP contribution in [0.2, 0.25) is 0 Å². The van der Waals surface area contributed by atoms with Crippen LogP contribution in [0.4, 0.5) is 0 Å². The fourth-order valence-electron chi connectivity index (χ4n) is 2.28. The van der Waals surface area contributed by atoms with Crippen molar-refractivity contribution in [1.29, 1.82) is 0 Å². The van der Waals surface area contributed by atoms with Crippen LogP contribution in [0.1, 0.15) is 19.3 Å². The Morgan fingerprint density at radius 2 is 1.96 bits per heavy atom. The number of rotatable bonds is 11. The first-order valence-electron chi connectivity index (χ1n) is 8.53. The number of guanidine groups is 1. The van der Waals surface area contributed by atoms with Crippen molar-refractivity contribution in [3.05, 3.63) is 30.3 Å². The smallest absolute Gasteiger partial charge is 0.191 e. The standard InChI is InChI=1S/C18H29N3O2S/c1-19-17(20-11-6-12-23-14-13-22-2)21-15-18(9-10-18)24-16-7-4-3-5-8-16/h3-5,7-8H,6,9-15H2,1-2H3,(H2,19,20,21). The molecule has 0 radical (unpaired) electrons. The minimum Gasteiger partial charge on any atom is -0.382 e. The summed E-state index contributed by atoms with van der Waals surface area (Å²) in [6, 6.07) is 10.6. The number of hydrogen-bond donors (Lipinski definition) is 2. The molecule has 1 saturated carbocycles. The van der Waals surface area contributed by atoms with Gasteiger partial charge in [0.05, 0.1) is 13.2 Å². The molecule has 0 aromatic heterocycles. The monoisotopic (exact) mass is 351 g/mol. The van der Waals surface area contributed by atoms with E-state index in [2.05, 4.69) is 46.0 Å². The van der Waals surface area contributed by atoms with Crippen LogP contribution in [0.3, 0.4) is 0 Å². The number of nitrogens with zero attached hydrogens (tertiary/aromatic N) is 1. The molecule has 134 valence electrons. The Balaban J connectivity index is 1.61. The van der Waals surface area contributed by atoms with Gasteiger partial charge < -0.3 is 20.1 Å². The Kier molecular flexibility index (Phi) is 8.42.